The van der Waals surface area contributed by atoms with Crippen molar-refractivity contribution in [1.82, 2.24) is 5.32 Å². The highest BCUT2D eigenvalue weighted by Crippen LogP contribution is 2.26. The summed E-state index contributed by atoms with van der Waals surface area (Å²) in [5.74, 6) is -2.22. The second kappa shape index (κ2) is 5.45. The molecule has 0 amide bonds. The Balaban J connectivity index is 2.53. The van der Waals surface area contributed by atoms with Crippen LogP contribution >= 0.6 is 0 Å². The first-order chi connectivity index (χ1) is 9.02. The normalized spacial score (nSPS) is 12.5. The molecule has 0 aliphatic rings. The lowest BCUT2D eigenvalue weighted by Gasteiger charge is -2.18. The summed E-state index contributed by atoms with van der Waals surface area (Å²) in [6.07, 6.45) is 0. The van der Waals surface area contributed by atoms with Gasteiger partial charge < -0.3 is 5.32 Å². The third-order valence-corrected chi connectivity index (χ3v) is 2.98. The monoisotopic (exact) mass is 265 g/mol. The lowest BCUT2D eigenvalue weighted by Crippen LogP contribution is -2.19. The molecule has 2 aromatic carbocycles. The molecule has 0 bridgehead atoms. The lowest BCUT2D eigenvalue weighted by molar-refractivity contribution is 0.487. The Kier molecular flexibility index (Phi) is 3.90. The Bertz CT molecular complexity index is 576. The quantitative estimate of drug-likeness (QED) is 0.891. The maximum absolute atomic E-state index is 13.8. The number of benzene rings is 2. The summed E-state index contributed by atoms with van der Waals surface area (Å²) in [4.78, 5) is 0. The van der Waals surface area contributed by atoms with Crippen LogP contribution in [0, 0.1) is 24.4 Å². The van der Waals surface area contributed by atoms with Gasteiger partial charge in [0.1, 0.15) is 5.82 Å². The molecule has 0 spiro atoms. The number of hydrogen-bond acceptors (Lipinski definition) is 1. The number of halogens is 3. The van der Waals surface area contributed by atoms with Crippen molar-refractivity contribution in [2.24, 2.45) is 0 Å². The molecule has 0 aliphatic carbocycles. The summed E-state index contributed by atoms with van der Waals surface area (Å²) in [5, 5.41) is 2.88. The van der Waals surface area contributed by atoms with Crippen LogP contribution in [-0.4, -0.2) is 7.05 Å². The first kappa shape index (κ1) is 13.6. The molecule has 0 aromatic heterocycles. The Morgan fingerprint density at radius 1 is 1.05 bits per heavy atom. The maximum atomic E-state index is 13.8. The highest BCUT2D eigenvalue weighted by Gasteiger charge is 2.19. The van der Waals surface area contributed by atoms with Gasteiger partial charge in [-0.05, 0) is 43.3 Å². The van der Waals surface area contributed by atoms with Crippen molar-refractivity contribution in [1.29, 1.82) is 0 Å². The second-order valence-corrected chi connectivity index (χ2v) is 4.43. The van der Waals surface area contributed by atoms with Gasteiger partial charge in [-0.25, -0.2) is 13.2 Å². The van der Waals surface area contributed by atoms with E-state index >= 15 is 0 Å². The van der Waals surface area contributed by atoms with E-state index in [4.69, 9.17) is 0 Å². The molecule has 19 heavy (non-hydrogen) atoms. The van der Waals surface area contributed by atoms with Crippen LogP contribution in [-0.2, 0) is 0 Å². The molecule has 0 heterocycles. The van der Waals surface area contributed by atoms with Crippen LogP contribution in [0.2, 0.25) is 0 Å². The van der Waals surface area contributed by atoms with Gasteiger partial charge in [0.15, 0.2) is 11.6 Å². The Hall–Kier alpha value is -1.81. The molecule has 1 N–H and O–H groups in total. The van der Waals surface area contributed by atoms with Crippen LogP contribution in [0.25, 0.3) is 0 Å². The third-order valence-electron chi connectivity index (χ3n) is 2.98. The molecule has 0 saturated heterocycles. The summed E-state index contributed by atoms with van der Waals surface area (Å²) >= 11 is 0. The highest BCUT2D eigenvalue weighted by atomic mass is 19.2. The molecule has 100 valence electrons. The van der Waals surface area contributed by atoms with Crippen LogP contribution in [0.5, 0.6) is 0 Å². The largest absolute Gasteiger partial charge is 0.309 e. The fourth-order valence-electron chi connectivity index (χ4n) is 2.18. The number of rotatable bonds is 3. The molecule has 1 atom stereocenters. The van der Waals surface area contributed by atoms with Gasteiger partial charge >= 0.3 is 0 Å². The minimum absolute atomic E-state index is 0.160. The smallest absolute Gasteiger partial charge is 0.163 e. The second-order valence-electron chi connectivity index (χ2n) is 4.43. The molecule has 0 saturated carbocycles. The fourth-order valence-corrected chi connectivity index (χ4v) is 2.18. The molecule has 0 radical (unpaired) electrons. The Labute approximate surface area is 110 Å². The SMILES string of the molecule is CNC(c1cc(C)cc(F)c1)c1cccc(F)c1F. The molecular weight excluding hydrogens is 251 g/mol. The van der Waals surface area contributed by atoms with Crippen LogP contribution in [0.4, 0.5) is 13.2 Å². The standard InChI is InChI=1S/C15H14F3N/c1-9-6-10(8-11(16)7-9)15(19-2)12-4-3-5-13(17)14(12)18/h3-8,15,19H,1-2H3. The van der Waals surface area contributed by atoms with Gasteiger partial charge in [-0.2, -0.15) is 0 Å². The first-order valence-electron chi connectivity index (χ1n) is 5.91. The zero-order valence-corrected chi connectivity index (χ0v) is 10.7. The first-order valence-corrected chi connectivity index (χ1v) is 5.91. The van der Waals surface area contributed by atoms with E-state index in [0.29, 0.717) is 5.56 Å². The predicted octanol–water partition coefficient (Wildman–Crippen LogP) is 3.72. The van der Waals surface area contributed by atoms with Gasteiger partial charge in [-0.3, -0.25) is 0 Å². The van der Waals surface area contributed by atoms with Gasteiger partial charge in [0, 0.05) is 5.56 Å². The van der Waals surface area contributed by atoms with E-state index in [1.54, 1.807) is 20.0 Å². The minimum Gasteiger partial charge on any atom is -0.309 e. The van der Waals surface area contributed by atoms with E-state index in [9.17, 15) is 13.2 Å². The van der Waals surface area contributed by atoms with Crippen LogP contribution in [0.3, 0.4) is 0 Å². The van der Waals surface area contributed by atoms with Gasteiger partial charge in [-0.15, -0.1) is 0 Å². The summed E-state index contributed by atoms with van der Waals surface area (Å²) in [7, 11) is 1.62. The van der Waals surface area contributed by atoms with Crippen LogP contribution < -0.4 is 5.32 Å². The molecule has 0 fully saturated rings. The molecule has 1 unspecified atom stereocenters. The molecule has 0 aliphatic heterocycles. The maximum Gasteiger partial charge on any atom is 0.163 e. The summed E-state index contributed by atoms with van der Waals surface area (Å²) in [5.41, 5.74) is 1.45. The van der Waals surface area contributed by atoms with Crippen molar-refractivity contribution >= 4 is 0 Å². The van der Waals surface area contributed by atoms with E-state index in [1.807, 2.05) is 0 Å². The topological polar surface area (TPSA) is 12.0 Å². The molecule has 2 aromatic rings. The predicted molar refractivity (Wildman–Crippen MR) is 68.4 cm³/mol. The molecule has 4 heteroatoms. The zero-order valence-electron chi connectivity index (χ0n) is 10.7. The van der Waals surface area contributed by atoms with Gasteiger partial charge in [0.2, 0.25) is 0 Å². The minimum atomic E-state index is -0.913. The van der Waals surface area contributed by atoms with Crippen molar-refractivity contribution in [3.05, 3.63) is 70.5 Å². The lowest BCUT2D eigenvalue weighted by atomic mass is 9.96. The average Bonchev–Trinajstić information content (AvgIpc) is 2.34. The van der Waals surface area contributed by atoms with Crippen LogP contribution in [0.15, 0.2) is 36.4 Å². The number of hydrogen-bond donors (Lipinski definition) is 1. The van der Waals surface area contributed by atoms with E-state index in [1.165, 1.54) is 24.3 Å². The van der Waals surface area contributed by atoms with E-state index < -0.39 is 23.5 Å². The average molecular weight is 265 g/mol. The van der Waals surface area contributed by atoms with Gasteiger partial charge in [0.25, 0.3) is 0 Å². The molecular formula is C15H14F3N. The highest BCUT2D eigenvalue weighted by molar-refractivity contribution is 5.35. The summed E-state index contributed by atoms with van der Waals surface area (Å²) in [6, 6.07) is 7.84. The van der Waals surface area contributed by atoms with E-state index in [-0.39, 0.29) is 5.56 Å². The van der Waals surface area contributed by atoms with Gasteiger partial charge in [0.05, 0.1) is 6.04 Å². The van der Waals surface area contributed by atoms with Crippen molar-refractivity contribution in [2.75, 3.05) is 7.05 Å². The van der Waals surface area contributed by atoms with Crippen molar-refractivity contribution in [3.63, 3.8) is 0 Å². The van der Waals surface area contributed by atoms with E-state index in [2.05, 4.69) is 5.32 Å². The van der Waals surface area contributed by atoms with Crippen LogP contribution in [0.1, 0.15) is 22.7 Å². The summed E-state index contributed by atoms with van der Waals surface area (Å²) < 4.78 is 40.5. The van der Waals surface area contributed by atoms with Crippen molar-refractivity contribution in [3.8, 4) is 0 Å². The Morgan fingerprint density at radius 2 is 1.79 bits per heavy atom. The third kappa shape index (κ3) is 2.79. The Morgan fingerprint density at radius 3 is 2.42 bits per heavy atom. The number of aryl methyl sites for hydroxylation is 1. The summed E-state index contributed by atoms with van der Waals surface area (Å²) in [6.45, 7) is 1.75. The van der Waals surface area contributed by atoms with E-state index in [0.717, 1.165) is 11.6 Å². The molecule has 2 rings (SSSR count). The number of nitrogens with one attached hydrogen (secondary N) is 1. The van der Waals surface area contributed by atoms with Gasteiger partial charge in [-0.1, -0.05) is 18.2 Å². The zero-order chi connectivity index (χ0) is 14.0. The van der Waals surface area contributed by atoms with Crippen molar-refractivity contribution < 1.29 is 13.2 Å². The van der Waals surface area contributed by atoms with Crippen molar-refractivity contribution in [2.45, 2.75) is 13.0 Å². The molecule has 1 nitrogen and oxygen atoms in total. The fraction of sp³-hybridized carbons (Fsp3) is 0.200.